The predicted octanol–water partition coefficient (Wildman–Crippen LogP) is 1.69. The SMILES string of the molecule is CCCN(CCI)C(=O)Cn1nc(I)c2c(N)ncnc21. The number of amides is 1. The van der Waals surface area contributed by atoms with E-state index >= 15 is 0 Å². The number of nitrogen functional groups attached to an aromatic ring is 1. The van der Waals surface area contributed by atoms with Gasteiger partial charge in [-0.25, -0.2) is 14.6 Å². The fraction of sp³-hybridized carbons (Fsp3) is 0.500. The van der Waals surface area contributed by atoms with Gasteiger partial charge in [-0.05, 0) is 29.0 Å². The van der Waals surface area contributed by atoms with Crippen molar-refractivity contribution in [3.8, 4) is 0 Å². The molecule has 2 N–H and O–H groups in total. The summed E-state index contributed by atoms with van der Waals surface area (Å²) in [5, 5.41) is 5.07. The molecule has 2 aromatic heterocycles. The molecule has 2 heterocycles. The van der Waals surface area contributed by atoms with Crippen molar-refractivity contribution in [2.24, 2.45) is 0 Å². The minimum absolute atomic E-state index is 0.0477. The second-order valence-electron chi connectivity index (χ2n) is 4.48. The van der Waals surface area contributed by atoms with Gasteiger partial charge in [0.25, 0.3) is 0 Å². The normalized spacial score (nSPS) is 11.0. The molecule has 9 heteroatoms. The summed E-state index contributed by atoms with van der Waals surface area (Å²) in [6.07, 6.45) is 2.33. The van der Waals surface area contributed by atoms with E-state index in [0.717, 1.165) is 23.9 Å². The van der Waals surface area contributed by atoms with Crippen molar-refractivity contribution >= 4 is 67.9 Å². The molecule has 0 spiro atoms. The van der Waals surface area contributed by atoms with Gasteiger partial charge in [0, 0.05) is 17.5 Å². The van der Waals surface area contributed by atoms with E-state index < -0.39 is 0 Å². The number of hydrogen-bond donors (Lipinski definition) is 1. The molecular formula is C12H16I2N6O. The number of rotatable bonds is 6. The quantitative estimate of drug-likeness (QED) is 0.469. The molecule has 0 aliphatic carbocycles. The highest BCUT2D eigenvalue weighted by molar-refractivity contribution is 14.1. The average molecular weight is 514 g/mol. The number of halogens is 2. The number of hydrogen-bond acceptors (Lipinski definition) is 5. The smallest absolute Gasteiger partial charge is 0.244 e. The molecule has 0 fully saturated rings. The van der Waals surface area contributed by atoms with E-state index in [2.05, 4.69) is 67.2 Å². The molecule has 0 unspecified atom stereocenters. The first kappa shape index (κ1) is 16.6. The van der Waals surface area contributed by atoms with Crippen molar-refractivity contribution in [3.05, 3.63) is 10.0 Å². The van der Waals surface area contributed by atoms with Crippen LogP contribution in [0.25, 0.3) is 11.0 Å². The number of carbonyl (C=O) groups excluding carboxylic acids is 1. The second kappa shape index (κ2) is 7.51. The summed E-state index contributed by atoms with van der Waals surface area (Å²) in [6.45, 7) is 3.75. The lowest BCUT2D eigenvalue weighted by molar-refractivity contribution is -0.131. The van der Waals surface area contributed by atoms with Gasteiger partial charge >= 0.3 is 0 Å². The van der Waals surface area contributed by atoms with Crippen LogP contribution in [0.2, 0.25) is 0 Å². The predicted molar refractivity (Wildman–Crippen MR) is 98.2 cm³/mol. The molecule has 21 heavy (non-hydrogen) atoms. The fourth-order valence-corrected chi connectivity index (χ4v) is 3.42. The standard InChI is InChI=1S/C12H16I2N6O/c1-2-4-19(5-3-13)8(21)6-20-12-9(10(14)18-20)11(15)16-7-17-12/h7H,2-6H2,1H3,(H2,15,16,17). The first-order valence-corrected chi connectivity index (χ1v) is 9.15. The van der Waals surface area contributed by atoms with E-state index in [-0.39, 0.29) is 12.5 Å². The summed E-state index contributed by atoms with van der Waals surface area (Å²) in [5.74, 6) is 0.437. The van der Waals surface area contributed by atoms with Gasteiger partial charge in [-0.1, -0.05) is 29.5 Å². The molecule has 114 valence electrons. The number of fused-ring (bicyclic) bond motifs is 1. The van der Waals surface area contributed by atoms with Crippen molar-refractivity contribution in [2.75, 3.05) is 23.3 Å². The van der Waals surface area contributed by atoms with Crippen LogP contribution in [0.5, 0.6) is 0 Å². The monoisotopic (exact) mass is 514 g/mol. The first-order chi connectivity index (χ1) is 10.1. The number of alkyl halides is 1. The van der Waals surface area contributed by atoms with E-state index in [1.54, 1.807) is 4.68 Å². The summed E-state index contributed by atoms with van der Waals surface area (Å²) in [5.41, 5.74) is 6.45. The van der Waals surface area contributed by atoms with Crippen molar-refractivity contribution in [2.45, 2.75) is 19.9 Å². The van der Waals surface area contributed by atoms with Crippen LogP contribution in [-0.4, -0.2) is 48.1 Å². The number of carbonyl (C=O) groups is 1. The summed E-state index contributed by atoms with van der Waals surface area (Å²) in [7, 11) is 0. The molecule has 0 aliphatic heterocycles. The van der Waals surface area contributed by atoms with Gasteiger partial charge in [-0.15, -0.1) is 0 Å². The fourth-order valence-electron chi connectivity index (χ4n) is 2.06. The summed E-state index contributed by atoms with van der Waals surface area (Å²) in [6, 6.07) is 0. The van der Waals surface area contributed by atoms with Gasteiger partial charge in [0.2, 0.25) is 5.91 Å². The zero-order valence-electron chi connectivity index (χ0n) is 11.6. The number of nitrogens with zero attached hydrogens (tertiary/aromatic N) is 5. The Morgan fingerprint density at radius 3 is 2.86 bits per heavy atom. The summed E-state index contributed by atoms with van der Waals surface area (Å²) >= 11 is 4.36. The molecule has 2 aromatic rings. The Labute approximate surface area is 149 Å². The minimum Gasteiger partial charge on any atom is -0.383 e. The van der Waals surface area contributed by atoms with Crippen LogP contribution < -0.4 is 5.73 Å². The van der Waals surface area contributed by atoms with Crippen LogP contribution in [-0.2, 0) is 11.3 Å². The third kappa shape index (κ3) is 3.73. The Morgan fingerprint density at radius 2 is 2.19 bits per heavy atom. The Hall–Kier alpha value is -0.720. The highest BCUT2D eigenvalue weighted by Crippen LogP contribution is 2.22. The third-order valence-electron chi connectivity index (χ3n) is 3.00. The summed E-state index contributed by atoms with van der Waals surface area (Å²) < 4.78 is 3.23. The first-order valence-electron chi connectivity index (χ1n) is 6.54. The lowest BCUT2D eigenvalue weighted by atomic mass is 10.3. The van der Waals surface area contributed by atoms with Crippen LogP contribution in [0.15, 0.2) is 6.33 Å². The van der Waals surface area contributed by atoms with Gasteiger partial charge in [0.1, 0.15) is 22.4 Å². The number of aromatic nitrogens is 4. The zero-order valence-corrected chi connectivity index (χ0v) is 15.9. The van der Waals surface area contributed by atoms with Crippen LogP contribution in [0.4, 0.5) is 5.82 Å². The average Bonchev–Trinajstić information content (AvgIpc) is 2.76. The van der Waals surface area contributed by atoms with Gasteiger partial charge in [-0.3, -0.25) is 4.79 Å². The molecule has 0 saturated carbocycles. The molecular weight excluding hydrogens is 498 g/mol. The van der Waals surface area contributed by atoms with Crippen LogP contribution in [0.1, 0.15) is 13.3 Å². The van der Waals surface area contributed by atoms with Crippen molar-refractivity contribution in [1.82, 2.24) is 24.6 Å². The molecule has 0 atom stereocenters. The van der Waals surface area contributed by atoms with E-state index in [9.17, 15) is 4.79 Å². The molecule has 2 rings (SSSR count). The van der Waals surface area contributed by atoms with E-state index in [4.69, 9.17) is 5.73 Å². The van der Waals surface area contributed by atoms with Gasteiger partial charge in [-0.2, -0.15) is 5.10 Å². The highest BCUT2D eigenvalue weighted by atomic mass is 127. The maximum absolute atomic E-state index is 12.4. The highest BCUT2D eigenvalue weighted by Gasteiger charge is 2.18. The third-order valence-corrected chi connectivity index (χ3v) is 4.24. The minimum atomic E-state index is 0.0477. The van der Waals surface area contributed by atoms with Crippen molar-refractivity contribution < 1.29 is 4.79 Å². The van der Waals surface area contributed by atoms with Crippen molar-refractivity contribution in [3.63, 3.8) is 0 Å². The molecule has 1 amide bonds. The second-order valence-corrected chi connectivity index (χ2v) is 6.58. The maximum Gasteiger partial charge on any atom is 0.244 e. The van der Waals surface area contributed by atoms with Crippen LogP contribution in [0, 0.1) is 3.70 Å². The van der Waals surface area contributed by atoms with Crippen molar-refractivity contribution in [1.29, 1.82) is 0 Å². The van der Waals surface area contributed by atoms with Gasteiger partial charge in [0.15, 0.2) is 5.65 Å². The Kier molecular flexibility index (Phi) is 5.96. The Bertz CT molecular complexity index is 638. The number of nitrogens with two attached hydrogens (primary N) is 1. The molecule has 0 aliphatic rings. The topological polar surface area (TPSA) is 89.9 Å². The van der Waals surface area contributed by atoms with E-state index in [1.807, 2.05) is 4.90 Å². The molecule has 7 nitrogen and oxygen atoms in total. The zero-order chi connectivity index (χ0) is 15.4. The molecule has 0 aromatic carbocycles. The Balaban J connectivity index is 2.27. The van der Waals surface area contributed by atoms with Gasteiger partial charge in [0.05, 0.1) is 5.39 Å². The van der Waals surface area contributed by atoms with E-state index in [1.165, 1.54) is 6.33 Å². The molecule has 0 bridgehead atoms. The molecule has 0 radical (unpaired) electrons. The Morgan fingerprint density at radius 1 is 1.43 bits per heavy atom. The number of anilines is 1. The van der Waals surface area contributed by atoms with Crippen LogP contribution in [0.3, 0.4) is 0 Å². The molecule has 0 saturated heterocycles. The van der Waals surface area contributed by atoms with Crippen LogP contribution >= 0.6 is 45.2 Å². The van der Waals surface area contributed by atoms with E-state index in [0.29, 0.717) is 20.6 Å². The lowest BCUT2D eigenvalue weighted by Crippen LogP contribution is -2.36. The maximum atomic E-state index is 12.4. The lowest BCUT2D eigenvalue weighted by Gasteiger charge is -2.21. The summed E-state index contributed by atoms with van der Waals surface area (Å²) in [4.78, 5) is 22.4. The largest absolute Gasteiger partial charge is 0.383 e. The van der Waals surface area contributed by atoms with Gasteiger partial charge < -0.3 is 10.6 Å².